The van der Waals surface area contributed by atoms with Crippen molar-refractivity contribution in [3.05, 3.63) is 23.7 Å². The molecular weight excluding hydrogens is 294 g/mol. The van der Waals surface area contributed by atoms with E-state index in [1.165, 1.54) is 6.07 Å². The van der Waals surface area contributed by atoms with Gasteiger partial charge in [-0.25, -0.2) is 0 Å². The molecule has 2 unspecified atom stereocenters. The molecule has 0 bridgehead atoms. The van der Waals surface area contributed by atoms with Crippen molar-refractivity contribution in [2.45, 2.75) is 44.7 Å². The molecular formula is C14H22ClN3O3. The lowest BCUT2D eigenvalue weighted by Crippen LogP contribution is -2.52. The number of carbonyl (C=O) groups is 2. The van der Waals surface area contributed by atoms with E-state index in [1.54, 1.807) is 6.07 Å². The second-order valence-corrected chi connectivity index (χ2v) is 5.65. The molecule has 5 N–H and O–H groups in total. The molecule has 2 atom stereocenters. The Morgan fingerprint density at radius 2 is 2.14 bits per heavy atom. The maximum atomic E-state index is 12.2. The van der Waals surface area contributed by atoms with Gasteiger partial charge in [0.15, 0.2) is 5.76 Å². The average molecular weight is 316 g/mol. The fraction of sp³-hybridized carbons (Fsp3) is 0.571. The van der Waals surface area contributed by atoms with E-state index in [0.717, 1.165) is 25.7 Å². The quantitative estimate of drug-likeness (QED) is 0.778. The summed E-state index contributed by atoms with van der Waals surface area (Å²) in [5.41, 5.74) is 10.8. The molecule has 1 aliphatic carbocycles. The van der Waals surface area contributed by atoms with E-state index in [2.05, 4.69) is 5.32 Å². The number of furan rings is 1. The van der Waals surface area contributed by atoms with Gasteiger partial charge < -0.3 is 21.2 Å². The monoisotopic (exact) mass is 315 g/mol. The maximum Gasteiger partial charge on any atom is 0.284 e. The van der Waals surface area contributed by atoms with Crippen molar-refractivity contribution < 1.29 is 14.0 Å². The number of nitrogens with two attached hydrogens (primary N) is 2. The summed E-state index contributed by atoms with van der Waals surface area (Å²) in [5, 5.41) is 2.81. The van der Waals surface area contributed by atoms with Crippen molar-refractivity contribution in [3.8, 4) is 0 Å². The fourth-order valence-electron chi connectivity index (χ4n) is 2.69. The topological polar surface area (TPSA) is 111 Å². The summed E-state index contributed by atoms with van der Waals surface area (Å²) in [4.78, 5) is 23.1. The number of hydrogen-bond donors (Lipinski definition) is 3. The molecule has 2 rings (SSSR count). The van der Waals surface area contributed by atoms with Crippen LogP contribution < -0.4 is 16.8 Å². The second-order valence-electron chi connectivity index (χ2n) is 5.65. The van der Waals surface area contributed by atoms with E-state index in [1.807, 2.05) is 6.92 Å². The van der Waals surface area contributed by atoms with Gasteiger partial charge in [-0.2, -0.15) is 0 Å². The normalized spacial score (nSPS) is 25.0. The lowest BCUT2D eigenvalue weighted by Gasteiger charge is -2.37. The molecule has 7 heteroatoms. The first kappa shape index (κ1) is 17.5. The van der Waals surface area contributed by atoms with Gasteiger partial charge in [-0.05, 0) is 31.9 Å². The lowest BCUT2D eigenvalue weighted by molar-refractivity contribution is -0.128. The Kier molecular flexibility index (Phi) is 5.80. The van der Waals surface area contributed by atoms with Crippen molar-refractivity contribution in [1.29, 1.82) is 0 Å². The number of rotatable bonds is 4. The zero-order chi connectivity index (χ0) is 14.8. The predicted octanol–water partition coefficient (Wildman–Crippen LogP) is 1.32. The third-order valence-corrected chi connectivity index (χ3v) is 3.91. The minimum absolute atomic E-state index is 0. The molecule has 0 spiro atoms. The van der Waals surface area contributed by atoms with Crippen LogP contribution in [0.25, 0.3) is 0 Å². The minimum Gasteiger partial charge on any atom is -0.454 e. The second kappa shape index (κ2) is 6.95. The summed E-state index contributed by atoms with van der Waals surface area (Å²) in [7, 11) is 0. The van der Waals surface area contributed by atoms with Gasteiger partial charge in [-0.3, -0.25) is 9.59 Å². The first-order valence-corrected chi connectivity index (χ1v) is 6.85. The molecule has 0 aliphatic heterocycles. The minimum atomic E-state index is -0.621. The van der Waals surface area contributed by atoms with Gasteiger partial charge >= 0.3 is 0 Å². The highest BCUT2D eigenvalue weighted by Gasteiger charge is 2.37. The zero-order valence-electron chi connectivity index (χ0n) is 12.1. The highest BCUT2D eigenvalue weighted by atomic mass is 35.5. The van der Waals surface area contributed by atoms with Gasteiger partial charge in [0.2, 0.25) is 5.91 Å². The van der Waals surface area contributed by atoms with Crippen LogP contribution in [0.1, 0.15) is 48.9 Å². The van der Waals surface area contributed by atoms with Crippen LogP contribution in [0.3, 0.4) is 0 Å². The summed E-state index contributed by atoms with van der Waals surface area (Å²) in [6.07, 6.45) is 3.76. The Morgan fingerprint density at radius 3 is 2.71 bits per heavy atom. The molecule has 1 fully saturated rings. The van der Waals surface area contributed by atoms with Crippen molar-refractivity contribution in [1.82, 2.24) is 5.32 Å². The number of amides is 2. The number of carbonyl (C=O) groups excluding carboxylic acids is 2. The average Bonchev–Trinajstić information content (AvgIpc) is 2.84. The number of primary amides is 1. The molecule has 118 valence electrons. The Labute approximate surface area is 130 Å². The van der Waals surface area contributed by atoms with Crippen LogP contribution in [0.4, 0.5) is 0 Å². The van der Waals surface area contributed by atoms with E-state index >= 15 is 0 Å². The van der Waals surface area contributed by atoms with Gasteiger partial charge in [0, 0.05) is 5.54 Å². The largest absolute Gasteiger partial charge is 0.454 e. The lowest BCUT2D eigenvalue weighted by atomic mass is 9.74. The van der Waals surface area contributed by atoms with E-state index in [0.29, 0.717) is 5.76 Å². The summed E-state index contributed by atoms with van der Waals surface area (Å²) in [5.74, 6) is -0.268. The number of nitrogens with one attached hydrogen (secondary N) is 1. The fourth-order valence-corrected chi connectivity index (χ4v) is 2.69. The molecule has 21 heavy (non-hydrogen) atoms. The molecule has 1 saturated carbocycles. The van der Waals surface area contributed by atoms with E-state index in [-0.39, 0.29) is 36.5 Å². The Bertz CT molecular complexity index is 513. The van der Waals surface area contributed by atoms with Crippen LogP contribution in [0, 0.1) is 5.92 Å². The highest BCUT2D eigenvalue weighted by Crippen LogP contribution is 2.31. The van der Waals surface area contributed by atoms with Gasteiger partial charge in [0.1, 0.15) is 5.76 Å². The molecule has 1 heterocycles. The van der Waals surface area contributed by atoms with Crippen molar-refractivity contribution in [3.63, 3.8) is 0 Å². The molecule has 6 nitrogen and oxygen atoms in total. The molecule has 0 aromatic carbocycles. The zero-order valence-corrected chi connectivity index (χ0v) is 12.9. The maximum absolute atomic E-state index is 12.2. The van der Waals surface area contributed by atoms with Crippen molar-refractivity contribution >= 4 is 24.2 Å². The molecule has 1 aromatic rings. The third kappa shape index (κ3) is 4.22. The van der Waals surface area contributed by atoms with Gasteiger partial charge in [-0.1, -0.05) is 12.8 Å². The molecule has 1 aliphatic rings. The molecule has 2 amide bonds. The van der Waals surface area contributed by atoms with E-state index < -0.39 is 11.4 Å². The third-order valence-electron chi connectivity index (χ3n) is 3.91. The molecule has 1 aromatic heterocycles. The van der Waals surface area contributed by atoms with E-state index in [9.17, 15) is 9.59 Å². The Balaban J connectivity index is 0.00000220. The first-order chi connectivity index (χ1) is 9.40. The van der Waals surface area contributed by atoms with Crippen molar-refractivity contribution in [2.24, 2.45) is 17.4 Å². The molecule has 0 saturated heterocycles. The summed E-state index contributed by atoms with van der Waals surface area (Å²) < 4.78 is 5.21. The van der Waals surface area contributed by atoms with Crippen LogP contribution in [0.2, 0.25) is 0 Å². The Morgan fingerprint density at radius 1 is 1.43 bits per heavy atom. The number of hydrogen-bond acceptors (Lipinski definition) is 4. The first-order valence-electron chi connectivity index (χ1n) is 6.85. The standard InChI is InChI=1S/C14H21N3O3.ClH/c1-14(16)7-3-2-4-10(14)13(19)17-8-9-5-6-11(20-9)12(15)18;/h5-6,10H,2-4,7-8,16H2,1H3,(H2,15,18)(H,17,19);1H. The highest BCUT2D eigenvalue weighted by molar-refractivity contribution is 5.89. The summed E-state index contributed by atoms with van der Waals surface area (Å²) in [6.45, 7) is 2.16. The van der Waals surface area contributed by atoms with E-state index in [4.69, 9.17) is 15.9 Å². The SMILES string of the molecule is CC1(N)CCCCC1C(=O)NCc1ccc(C(N)=O)o1.Cl. The van der Waals surface area contributed by atoms with Gasteiger partial charge in [0.25, 0.3) is 5.91 Å². The molecule has 0 radical (unpaired) electrons. The predicted molar refractivity (Wildman–Crippen MR) is 80.9 cm³/mol. The van der Waals surface area contributed by atoms with Crippen LogP contribution in [0.15, 0.2) is 16.5 Å². The summed E-state index contributed by atoms with van der Waals surface area (Å²) in [6, 6.07) is 3.13. The van der Waals surface area contributed by atoms with Crippen LogP contribution in [-0.2, 0) is 11.3 Å². The van der Waals surface area contributed by atoms with Crippen molar-refractivity contribution in [2.75, 3.05) is 0 Å². The van der Waals surface area contributed by atoms with Gasteiger partial charge in [0.05, 0.1) is 12.5 Å². The smallest absolute Gasteiger partial charge is 0.284 e. The van der Waals surface area contributed by atoms with Crippen LogP contribution in [-0.4, -0.2) is 17.4 Å². The van der Waals surface area contributed by atoms with Crippen LogP contribution >= 0.6 is 12.4 Å². The Hall–Kier alpha value is -1.53. The summed E-state index contributed by atoms with van der Waals surface area (Å²) >= 11 is 0. The number of halogens is 1. The van der Waals surface area contributed by atoms with Gasteiger partial charge in [-0.15, -0.1) is 12.4 Å². The van der Waals surface area contributed by atoms with Crippen LogP contribution in [0.5, 0.6) is 0 Å².